The zero-order valence-corrected chi connectivity index (χ0v) is 14.5. The molecule has 1 spiro atoms. The van der Waals surface area contributed by atoms with Gasteiger partial charge < -0.3 is 5.32 Å². The van der Waals surface area contributed by atoms with E-state index in [0.29, 0.717) is 23.6 Å². The van der Waals surface area contributed by atoms with E-state index >= 15 is 0 Å². The van der Waals surface area contributed by atoms with Crippen LogP contribution < -0.4 is 10.6 Å². The Morgan fingerprint density at radius 3 is 2.50 bits per heavy atom. The van der Waals surface area contributed by atoms with Gasteiger partial charge in [0.15, 0.2) is 5.11 Å². The van der Waals surface area contributed by atoms with Gasteiger partial charge in [-0.25, -0.2) is 0 Å². The number of nitrogens with one attached hydrogen (secondary N) is 2. The molecule has 2 fully saturated rings. The van der Waals surface area contributed by atoms with Gasteiger partial charge in [0.2, 0.25) is 0 Å². The zero-order chi connectivity index (χ0) is 17.2. The first kappa shape index (κ1) is 16.8. The van der Waals surface area contributed by atoms with E-state index in [9.17, 15) is 10.1 Å². The first-order valence-electron chi connectivity index (χ1n) is 7.75. The average Bonchev–Trinajstić information content (AvgIpc) is 2.57. The van der Waals surface area contributed by atoms with E-state index in [1.54, 1.807) is 24.3 Å². The largest absolute Gasteiger partial charge is 0.353 e. The Hall–Kier alpha value is -2.04. The zero-order valence-electron chi connectivity index (χ0n) is 12.9. The first-order chi connectivity index (χ1) is 11.5. The van der Waals surface area contributed by atoms with Crippen molar-refractivity contribution in [3.63, 3.8) is 0 Å². The molecule has 0 bridgehead atoms. The number of halogens is 1. The molecule has 1 atom stereocenters. The fourth-order valence-electron chi connectivity index (χ4n) is 3.35. The van der Waals surface area contributed by atoms with E-state index in [1.807, 2.05) is 0 Å². The highest BCUT2D eigenvalue weighted by Crippen LogP contribution is 2.41. The van der Waals surface area contributed by atoms with Crippen LogP contribution in [0.5, 0.6) is 0 Å². The summed E-state index contributed by atoms with van der Waals surface area (Å²) in [6, 6.07) is 8.84. The molecule has 1 aliphatic heterocycles. The van der Waals surface area contributed by atoms with Crippen molar-refractivity contribution in [3.8, 4) is 6.07 Å². The number of azo groups is 1. The molecule has 1 aliphatic carbocycles. The van der Waals surface area contributed by atoms with Crippen LogP contribution in [0.4, 0.5) is 5.69 Å². The van der Waals surface area contributed by atoms with Crippen molar-refractivity contribution in [1.29, 1.82) is 5.26 Å². The van der Waals surface area contributed by atoms with Gasteiger partial charge in [0.25, 0.3) is 11.4 Å². The van der Waals surface area contributed by atoms with Gasteiger partial charge >= 0.3 is 0 Å². The van der Waals surface area contributed by atoms with E-state index in [-0.39, 0.29) is 5.11 Å². The second kappa shape index (κ2) is 6.46. The molecule has 1 aromatic carbocycles. The van der Waals surface area contributed by atoms with Crippen LogP contribution in [0.25, 0.3) is 0 Å². The predicted molar refractivity (Wildman–Crippen MR) is 94.0 cm³/mol. The lowest BCUT2D eigenvalue weighted by molar-refractivity contribution is -0.127. The molecule has 1 saturated carbocycles. The number of benzene rings is 1. The molecular formula is C16H16ClN5OS. The minimum absolute atomic E-state index is 0.245. The number of hydrogen-bond acceptors (Lipinski definition) is 5. The second-order valence-corrected chi connectivity index (χ2v) is 6.89. The summed E-state index contributed by atoms with van der Waals surface area (Å²) in [6.45, 7) is 0. The Morgan fingerprint density at radius 1 is 1.21 bits per heavy atom. The molecule has 124 valence electrons. The lowest BCUT2D eigenvalue weighted by atomic mass is 9.67. The lowest BCUT2D eigenvalue weighted by Crippen LogP contribution is -2.75. The van der Waals surface area contributed by atoms with E-state index in [0.717, 1.165) is 19.3 Å². The fraction of sp³-hybridized carbons (Fsp3) is 0.438. The van der Waals surface area contributed by atoms with Crippen LogP contribution in [-0.2, 0) is 4.79 Å². The molecular weight excluding hydrogens is 346 g/mol. The molecule has 1 amide bonds. The van der Waals surface area contributed by atoms with Gasteiger partial charge in [-0.05, 0) is 49.3 Å². The Morgan fingerprint density at radius 2 is 1.88 bits per heavy atom. The predicted octanol–water partition coefficient (Wildman–Crippen LogP) is 3.39. The third kappa shape index (κ3) is 2.76. The van der Waals surface area contributed by atoms with Crippen molar-refractivity contribution in [1.82, 2.24) is 10.6 Å². The Balaban J connectivity index is 2.03. The summed E-state index contributed by atoms with van der Waals surface area (Å²) in [5.74, 6) is -0.520. The molecule has 1 heterocycles. The molecule has 24 heavy (non-hydrogen) atoms. The number of hydrogen-bond donors (Lipinski definition) is 2. The summed E-state index contributed by atoms with van der Waals surface area (Å²) in [4.78, 5) is 12.7. The van der Waals surface area contributed by atoms with E-state index in [1.165, 1.54) is 0 Å². The monoisotopic (exact) mass is 361 g/mol. The highest BCUT2D eigenvalue weighted by Gasteiger charge is 2.61. The lowest BCUT2D eigenvalue weighted by Gasteiger charge is -2.48. The number of nitriles is 1. The van der Waals surface area contributed by atoms with Gasteiger partial charge in [0.1, 0.15) is 6.07 Å². The summed E-state index contributed by atoms with van der Waals surface area (Å²) < 4.78 is 0. The number of carbonyl (C=O) groups excluding carboxylic acids is 1. The van der Waals surface area contributed by atoms with Crippen molar-refractivity contribution in [2.75, 3.05) is 0 Å². The van der Waals surface area contributed by atoms with Crippen LogP contribution in [0, 0.1) is 11.3 Å². The maximum absolute atomic E-state index is 12.7. The molecule has 2 N–H and O–H groups in total. The van der Waals surface area contributed by atoms with Crippen molar-refractivity contribution < 1.29 is 4.79 Å². The van der Waals surface area contributed by atoms with Gasteiger partial charge in [0.05, 0.1) is 11.2 Å². The second-order valence-electron chi connectivity index (χ2n) is 6.05. The van der Waals surface area contributed by atoms with Gasteiger partial charge in [-0.2, -0.15) is 15.5 Å². The number of rotatable bonds is 2. The summed E-state index contributed by atoms with van der Waals surface area (Å²) in [7, 11) is 0. The Bertz CT molecular complexity index is 736. The molecule has 1 saturated heterocycles. The van der Waals surface area contributed by atoms with Crippen molar-refractivity contribution in [2.45, 2.75) is 43.2 Å². The van der Waals surface area contributed by atoms with Gasteiger partial charge in [-0.1, -0.05) is 30.9 Å². The van der Waals surface area contributed by atoms with Crippen LogP contribution in [0.1, 0.15) is 32.1 Å². The molecule has 6 nitrogen and oxygen atoms in total. The number of carbonyl (C=O) groups is 1. The maximum Gasteiger partial charge on any atom is 0.273 e. The molecule has 0 radical (unpaired) electrons. The minimum atomic E-state index is -1.64. The maximum atomic E-state index is 12.7. The topological polar surface area (TPSA) is 89.6 Å². The van der Waals surface area contributed by atoms with Crippen LogP contribution in [0.15, 0.2) is 34.5 Å². The van der Waals surface area contributed by atoms with E-state index in [4.69, 9.17) is 23.8 Å². The van der Waals surface area contributed by atoms with Crippen LogP contribution in [0.2, 0.25) is 5.02 Å². The SMILES string of the molecule is N#CC1(N=Nc2ccc(Cl)cc2)C(=O)NC(=S)NC12CCCCC2. The van der Waals surface area contributed by atoms with Gasteiger partial charge in [-0.15, -0.1) is 0 Å². The van der Waals surface area contributed by atoms with Crippen molar-refractivity contribution >= 4 is 40.5 Å². The minimum Gasteiger partial charge on any atom is -0.353 e. The first-order valence-corrected chi connectivity index (χ1v) is 8.53. The molecule has 1 aromatic rings. The van der Waals surface area contributed by atoms with Gasteiger partial charge in [0, 0.05) is 5.02 Å². The van der Waals surface area contributed by atoms with E-state index < -0.39 is 17.0 Å². The summed E-state index contributed by atoms with van der Waals surface area (Å²) in [6.07, 6.45) is 4.17. The standard InChI is InChI=1S/C16H16ClN5OS/c17-11-4-6-12(7-5-11)21-22-16(10-18)13(23)19-14(24)20-15(16)8-2-1-3-9-15/h4-7H,1-3,8-9H2,(H2,19,20,23,24). The Kier molecular flexibility index (Phi) is 4.52. The quantitative estimate of drug-likeness (QED) is 0.624. The average molecular weight is 362 g/mol. The molecule has 2 aliphatic rings. The number of thiocarbonyl (C=S) groups is 1. The summed E-state index contributed by atoms with van der Waals surface area (Å²) in [5, 5.41) is 24.7. The molecule has 8 heteroatoms. The highest BCUT2D eigenvalue weighted by molar-refractivity contribution is 7.80. The van der Waals surface area contributed by atoms with Gasteiger partial charge in [-0.3, -0.25) is 10.1 Å². The number of nitrogens with zero attached hydrogens (tertiary/aromatic N) is 3. The van der Waals surface area contributed by atoms with E-state index in [2.05, 4.69) is 26.9 Å². The van der Waals surface area contributed by atoms with Crippen molar-refractivity contribution in [2.24, 2.45) is 10.2 Å². The highest BCUT2D eigenvalue weighted by atomic mass is 35.5. The molecule has 3 rings (SSSR count). The number of amides is 1. The van der Waals surface area contributed by atoms with Crippen LogP contribution >= 0.6 is 23.8 Å². The normalized spacial score (nSPS) is 26.0. The Labute approximate surface area is 150 Å². The molecule has 0 aromatic heterocycles. The third-order valence-corrected chi connectivity index (χ3v) is 5.07. The fourth-order valence-corrected chi connectivity index (χ4v) is 3.77. The van der Waals surface area contributed by atoms with Crippen molar-refractivity contribution in [3.05, 3.63) is 29.3 Å². The summed E-state index contributed by atoms with van der Waals surface area (Å²) in [5.41, 5.74) is -1.93. The summed E-state index contributed by atoms with van der Waals surface area (Å²) >= 11 is 11.0. The smallest absolute Gasteiger partial charge is 0.273 e. The third-order valence-electron chi connectivity index (χ3n) is 4.61. The van der Waals surface area contributed by atoms with Crippen LogP contribution in [0.3, 0.4) is 0 Å². The van der Waals surface area contributed by atoms with Crippen LogP contribution in [-0.4, -0.2) is 22.1 Å². The molecule has 1 unspecified atom stereocenters.